The minimum atomic E-state index is -0.132. The normalized spacial score (nSPS) is 28.4. The molecule has 1 aliphatic rings. The summed E-state index contributed by atoms with van der Waals surface area (Å²) in [7, 11) is 0. The fourth-order valence-electron chi connectivity index (χ4n) is 1.48. The SMILES string of the molecule is C=CCC1(C/C=C/CC)COCO1. The number of ether oxygens (including phenoxy) is 2. The zero-order valence-corrected chi connectivity index (χ0v) is 8.29. The van der Waals surface area contributed by atoms with Gasteiger partial charge < -0.3 is 9.47 Å². The minimum absolute atomic E-state index is 0.132. The minimum Gasteiger partial charge on any atom is -0.352 e. The van der Waals surface area contributed by atoms with Crippen LogP contribution in [0.25, 0.3) is 0 Å². The molecule has 1 saturated heterocycles. The predicted octanol–water partition coefficient (Wildman–Crippen LogP) is 2.66. The quantitative estimate of drug-likeness (QED) is 0.608. The van der Waals surface area contributed by atoms with E-state index in [0.29, 0.717) is 13.4 Å². The topological polar surface area (TPSA) is 18.5 Å². The molecule has 0 spiro atoms. The summed E-state index contributed by atoms with van der Waals surface area (Å²) in [5, 5.41) is 0. The molecular formula is C11H18O2. The van der Waals surface area contributed by atoms with Gasteiger partial charge in [-0.1, -0.05) is 25.2 Å². The third kappa shape index (κ3) is 2.98. The van der Waals surface area contributed by atoms with Gasteiger partial charge in [-0.05, 0) is 19.3 Å². The number of allylic oxidation sites excluding steroid dienone is 1. The van der Waals surface area contributed by atoms with Gasteiger partial charge in [0.1, 0.15) is 12.4 Å². The third-order valence-electron chi connectivity index (χ3n) is 2.22. The Balaban J connectivity index is 2.46. The highest BCUT2D eigenvalue weighted by molar-refractivity contribution is 4.97. The van der Waals surface area contributed by atoms with Gasteiger partial charge in [-0.15, -0.1) is 6.58 Å². The van der Waals surface area contributed by atoms with Crippen molar-refractivity contribution in [1.82, 2.24) is 0 Å². The molecule has 2 nitrogen and oxygen atoms in total. The van der Waals surface area contributed by atoms with Crippen LogP contribution in [0, 0.1) is 0 Å². The number of rotatable bonds is 5. The molecule has 1 unspecified atom stereocenters. The molecule has 0 aromatic rings. The van der Waals surface area contributed by atoms with Gasteiger partial charge in [-0.25, -0.2) is 0 Å². The van der Waals surface area contributed by atoms with Crippen molar-refractivity contribution in [2.24, 2.45) is 0 Å². The van der Waals surface area contributed by atoms with E-state index in [1.807, 2.05) is 6.08 Å². The molecular weight excluding hydrogens is 164 g/mol. The molecule has 0 N–H and O–H groups in total. The van der Waals surface area contributed by atoms with E-state index in [4.69, 9.17) is 9.47 Å². The molecule has 1 fully saturated rings. The Morgan fingerprint density at radius 1 is 1.38 bits per heavy atom. The van der Waals surface area contributed by atoms with E-state index in [2.05, 4.69) is 25.7 Å². The molecule has 0 aromatic heterocycles. The number of hydrogen-bond acceptors (Lipinski definition) is 2. The summed E-state index contributed by atoms with van der Waals surface area (Å²) >= 11 is 0. The lowest BCUT2D eigenvalue weighted by atomic mass is 9.96. The Morgan fingerprint density at radius 3 is 2.77 bits per heavy atom. The molecule has 0 saturated carbocycles. The summed E-state index contributed by atoms with van der Waals surface area (Å²) in [6, 6.07) is 0. The molecule has 0 aromatic carbocycles. The van der Waals surface area contributed by atoms with Crippen molar-refractivity contribution >= 4 is 0 Å². The van der Waals surface area contributed by atoms with Gasteiger partial charge in [0.05, 0.1) is 6.61 Å². The molecule has 1 heterocycles. The first kappa shape index (κ1) is 10.5. The second-order valence-electron chi connectivity index (χ2n) is 3.37. The van der Waals surface area contributed by atoms with Crippen LogP contribution < -0.4 is 0 Å². The van der Waals surface area contributed by atoms with Crippen LogP contribution in [0.2, 0.25) is 0 Å². The Bertz CT molecular complexity index is 179. The van der Waals surface area contributed by atoms with E-state index in [0.717, 1.165) is 19.3 Å². The van der Waals surface area contributed by atoms with Gasteiger partial charge in [0, 0.05) is 0 Å². The maximum atomic E-state index is 5.58. The lowest BCUT2D eigenvalue weighted by Gasteiger charge is -2.23. The van der Waals surface area contributed by atoms with E-state index >= 15 is 0 Å². The van der Waals surface area contributed by atoms with E-state index in [9.17, 15) is 0 Å². The first-order valence-corrected chi connectivity index (χ1v) is 4.80. The van der Waals surface area contributed by atoms with Gasteiger partial charge in [-0.3, -0.25) is 0 Å². The maximum absolute atomic E-state index is 5.58. The average molecular weight is 182 g/mol. The maximum Gasteiger partial charge on any atom is 0.147 e. The lowest BCUT2D eigenvalue weighted by Crippen LogP contribution is -2.29. The molecule has 2 heteroatoms. The van der Waals surface area contributed by atoms with E-state index in [1.54, 1.807) is 0 Å². The van der Waals surface area contributed by atoms with Crippen molar-refractivity contribution in [3.63, 3.8) is 0 Å². The van der Waals surface area contributed by atoms with Crippen LogP contribution >= 0.6 is 0 Å². The molecule has 13 heavy (non-hydrogen) atoms. The molecule has 1 aliphatic heterocycles. The fourth-order valence-corrected chi connectivity index (χ4v) is 1.48. The highest BCUT2D eigenvalue weighted by Crippen LogP contribution is 2.27. The summed E-state index contributed by atoms with van der Waals surface area (Å²) in [6.45, 7) is 6.98. The fraction of sp³-hybridized carbons (Fsp3) is 0.636. The van der Waals surface area contributed by atoms with Crippen molar-refractivity contribution in [3.8, 4) is 0 Å². The second-order valence-corrected chi connectivity index (χ2v) is 3.37. The van der Waals surface area contributed by atoms with Crippen molar-refractivity contribution in [3.05, 3.63) is 24.8 Å². The lowest BCUT2D eigenvalue weighted by molar-refractivity contribution is -0.00503. The predicted molar refractivity (Wildman–Crippen MR) is 53.5 cm³/mol. The molecule has 1 atom stereocenters. The molecule has 74 valence electrons. The Kier molecular flexibility index (Phi) is 4.19. The third-order valence-corrected chi connectivity index (χ3v) is 2.22. The van der Waals surface area contributed by atoms with Crippen LogP contribution in [0.1, 0.15) is 26.2 Å². The van der Waals surface area contributed by atoms with Gasteiger partial charge in [0.25, 0.3) is 0 Å². The highest BCUT2D eigenvalue weighted by Gasteiger charge is 2.33. The largest absolute Gasteiger partial charge is 0.352 e. The summed E-state index contributed by atoms with van der Waals surface area (Å²) < 4.78 is 10.8. The van der Waals surface area contributed by atoms with Crippen LogP contribution in [0.4, 0.5) is 0 Å². The first-order chi connectivity index (χ1) is 6.33. The van der Waals surface area contributed by atoms with Crippen LogP contribution in [0.3, 0.4) is 0 Å². The molecule has 0 amide bonds. The summed E-state index contributed by atoms with van der Waals surface area (Å²) in [5.41, 5.74) is -0.132. The van der Waals surface area contributed by atoms with Crippen LogP contribution in [-0.4, -0.2) is 19.0 Å². The van der Waals surface area contributed by atoms with E-state index in [1.165, 1.54) is 0 Å². The van der Waals surface area contributed by atoms with Crippen molar-refractivity contribution < 1.29 is 9.47 Å². The van der Waals surface area contributed by atoms with Crippen LogP contribution in [0.5, 0.6) is 0 Å². The van der Waals surface area contributed by atoms with Crippen molar-refractivity contribution in [1.29, 1.82) is 0 Å². The Hall–Kier alpha value is -0.600. The summed E-state index contributed by atoms with van der Waals surface area (Å²) in [5.74, 6) is 0. The van der Waals surface area contributed by atoms with Gasteiger partial charge in [-0.2, -0.15) is 0 Å². The molecule has 0 radical (unpaired) electrons. The second kappa shape index (κ2) is 5.20. The summed E-state index contributed by atoms with van der Waals surface area (Å²) in [6.07, 6.45) is 9.08. The van der Waals surface area contributed by atoms with E-state index in [-0.39, 0.29) is 5.60 Å². The Labute approximate surface area is 80.2 Å². The monoisotopic (exact) mass is 182 g/mol. The average Bonchev–Trinajstić information content (AvgIpc) is 2.55. The van der Waals surface area contributed by atoms with Crippen molar-refractivity contribution in [2.45, 2.75) is 31.8 Å². The highest BCUT2D eigenvalue weighted by atomic mass is 16.7. The van der Waals surface area contributed by atoms with Gasteiger partial charge in [0.2, 0.25) is 0 Å². The molecule has 0 bridgehead atoms. The smallest absolute Gasteiger partial charge is 0.147 e. The van der Waals surface area contributed by atoms with Crippen molar-refractivity contribution in [2.75, 3.05) is 13.4 Å². The number of hydrogen-bond donors (Lipinski definition) is 0. The first-order valence-electron chi connectivity index (χ1n) is 4.80. The standard InChI is InChI=1S/C11H18O2/c1-3-5-6-8-11(7-4-2)9-12-10-13-11/h4-6H,2-3,7-10H2,1H3/b6-5+. The Morgan fingerprint density at radius 2 is 2.23 bits per heavy atom. The van der Waals surface area contributed by atoms with Crippen LogP contribution in [-0.2, 0) is 9.47 Å². The zero-order chi connectivity index (χ0) is 9.57. The molecule has 0 aliphatic carbocycles. The van der Waals surface area contributed by atoms with Crippen LogP contribution in [0.15, 0.2) is 24.8 Å². The van der Waals surface area contributed by atoms with Gasteiger partial charge >= 0.3 is 0 Å². The summed E-state index contributed by atoms with van der Waals surface area (Å²) in [4.78, 5) is 0. The van der Waals surface area contributed by atoms with E-state index < -0.39 is 0 Å². The molecule has 1 rings (SSSR count). The zero-order valence-electron chi connectivity index (χ0n) is 8.29. The van der Waals surface area contributed by atoms with Gasteiger partial charge in [0.15, 0.2) is 0 Å².